The van der Waals surface area contributed by atoms with E-state index < -0.39 is 0 Å². The van der Waals surface area contributed by atoms with Gasteiger partial charge in [0.15, 0.2) is 0 Å². The highest BCUT2D eigenvalue weighted by molar-refractivity contribution is 5.80. The minimum absolute atomic E-state index is 0.0930. The zero-order valence-electron chi connectivity index (χ0n) is 13.8. The van der Waals surface area contributed by atoms with Gasteiger partial charge < -0.3 is 14.5 Å². The number of carbonyl (C=O) groups excluding carboxylic acids is 1. The van der Waals surface area contributed by atoms with E-state index in [2.05, 4.69) is 16.3 Å². The highest BCUT2D eigenvalue weighted by Gasteiger charge is 2.41. The van der Waals surface area contributed by atoms with Crippen molar-refractivity contribution in [2.75, 3.05) is 13.1 Å². The average molecular weight is 318 g/mol. The molecule has 3 atom stereocenters. The molecule has 5 nitrogen and oxygen atoms in total. The molecule has 0 spiro atoms. The number of carbonyl (C=O) groups is 1. The Bertz CT molecular complexity index is 566. The van der Waals surface area contributed by atoms with Gasteiger partial charge in [-0.3, -0.25) is 9.69 Å². The Balaban J connectivity index is 1.30. The summed E-state index contributed by atoms with van der Waals surface area (Å²) in [5.74, 6) is 2.79. The average Bonchev–Trinajstić information content (AvgIpc) is 3.18. The van der Waals surface area contributed by atoms with Gasteiger partial charge in [0.05, 0.1) is 12.6 Å². The van der Waals surface area contributed by atoms with E-state index >= 15 is 0 Å². The normalized spacial score (nSPS) is 31.1. The van der Waals surface area contributed by atoms with E-state index in [1.807, 2.05) is 13.0 Å². The number of rotatable bonds is 5. The van der Waals surface area contributed by atoms with Gasteiger partial charge in [-0.2, -0.15) is 0 Å². The van der Waals surface area contributed by atoms with E-state index in [9.17, 15) is 4.79 Å². The summed E-state index contributed by atoms with van der Waals surface area (Å²) in [6.07, 6.45) is 5.33. The van der Waals surface area contributed by atoms with Crippen LogP contribution in [0.25, 0.3) is 0 Å². The molecule has 0 aromatic carbocycles. The van der Waals surface area contributed by atoms with Gasteiger partial charge in [0.2, 0.25) is 5.91 Å². The summed E-state index contributed by atoms with van der Waals surface area (Å²) in [6, 6.07) is 4.49. The van der Waals surface area contributed by atoms with Crippen LogP contribution in [0.2, 0.25) is 0 Å². The minimum Gasteiger partial charge on any atom is -0.465 e. The Labute approximate surface area is 137 Å². The van der Waals surface area contributed by atoms with Crippen molar-refractivity contribution in [1.29, 1.82) is 0 Å². The number of likely N-dealkylation sites (tertiary alicyclic amines) is 1. The molecule has 5 heteroatoms. The number of ether oxygens (including phenoxy) is 1. The smallest absolute Gasteiger partial charge is 0.249 e. The van der Waals surface area contributed by atoms with Crippen LogP contribution in [0.3, 0.4) is 0 Å². The van der Waals surface area contributed by atoms with Crippen LogP contribution in [-0.2, 0) is 16.1 Å². The lowest BCUT2D eigenvalue weighted by molar-refractivity contribution is -0.144. The first-order chi connectivity index (χ1) is 11.2. The van der Waals surface area contributed by atoms with Crippen LogP contribution in [0.1, 0.15) is 43.6 Å². The summed E-state index contributed by atoms with van der Waals surface area (Å²) in [6.45, 7) is 4.67. The van der Waals surface area contributed by atoms with Gasteiger partial charge in [-0.1, -0.05) is 0 Å². The van der Waals surface area contributed by atoms with Crippen LogP contribution < -0.4 is 5.32 Å². The molecule has 4 rings (SSSR count). The predicted octanol–water partition coefficient (Wildman–Crippen LogP) is 2.24. The molecule has 1 amide bonds. The fourth-order valence-corrected chi connectivity index (χ4v) is 3.85. The lowest BCUT2D eigenvalue weighted by atomic mass is 9.98. The van der Waals surface area contributed by atoms with Crippen LogP contribution in [-0.4, -0.2) is 42.1 Å². The van der Waals surface area contributed by atoms with Gasteiger partial charge in [-0.05, 0) is 57.1 Å². The number of hydrogen-bond donors (Lipinski definition) is 1. The third-order valence-electron chi connectivity index (χ3n) is 5.37. The largest absolute Gasteiger partial charge is 0.465 e. The molecule has 1 aromatic rings. The van der Waals surface area contributed by atoms with E-state index in [-0.39, 0.29) is 18.1 Å². The molecule has 0 unspecified atom stereocenters. The monoisotopic (exact) mass is 318 g/mol. The van der Waals surface area contributed by atoms with E-state index in [0.29, 0.717) is 12.0 Å². The highest BCUT2D eigenvalue weighted by Crippen LogP contribution is 2.33. The van der Waals surface area contributed by atoms with Gasteiger partial charge >= 0.3 is 0 Å². The number of fused-ring (bicyclic) bond motifs is 1. The highest BCUT2D eigenvalue weighted by atomic mass is 16.5. The minimum atomic E-state index is -0.249. The predicted molar refractivity (Wildman–Crippen MR) is 85.9 cm³/mol. The first-order valence-corrected chi connectivity index (χ1v) is 8.91. The maximum atomic E-state index is 12.2. The molecular weight excluding hydrogens is 292 g/mol. The summed E-state index contributed by atoms with van der Waals surface area (Å²) in [7, 11) is 0. The van der Waals surface area contributed by atoms with E-state index in [1.54, 1.807) is 0 Å². The molecule has 1 aromatic heterocycles. The molecule has 0 bridgehead atoms. The first-order valence-electron chi connectivity index (χ1n) is 8.91. The Morgan fingerprint density at radius 1 is 1.26 bits per heavy atom. The van der Waals surface area contributed by atoms with Crippen molar-refractivity contribution in [3.63, 3.8) is 0 Å². The fraction of sp³-hybridized carbons (Fsp3) is 0.722. The third-order valence-corrected chi connectivity index (χ3v) is 5.37. The number of hydrogen-bond acceptors (Lipinski definition) is 4. The second kappa shape index (κ2) is 6.29. The lowest BCUT2D eigenvalue weighted by Crippen LogP contribution is -2.47. The number of nitrogens with one attached hydrogen (secondary N) is 1. The molecule has 1 aliphatic carbocycles. The maximum Gasteiger partial charge on any atom is 0.249 e. The Kier molecular flexibility index (Phi) is 4.16. The van der Waals surface area contributed by atoms with Crippen LogP contribution in [0.5, 0.6) is 0 Å². The number of aryl methyl sites for hydroxylation is 1. The zero-order chi connectivity index (χ0) is 15.8. The summed E-state index contributed by atoms with van der Waals surface area (Å²) >= 11 is 0. The standard InChI is InChI=1S/C18H26N2O3/c1-12-2-5-14(22-12)11-20-9-8-16-15(20)6-7-17(23-16)18(21)19-10-13-3-4-13/h2,5,13,15-17H,3-4,6-11H2,1H3,(H,19,21)/t15-,16-,17-/m0/s1. The first kappa shape index (κ1) is 15.2. The molecule has 2 aliphatic heterocycles. The van der Waals surface area contributed by atoms with Gasteiger partial charge in [0.1, 0.15) is 17.6 Å². The van der Waals surface area contributed by atoms with E-state index in [1.165, 1.54) is 12.8 Å². The molecule has 3 fully saturated rings. The summed E-state index contributed by atoms with van der Waals surface area (Å²) in [5.41, 5.74) is 0. The Morgan fingerprint density at radius 2 is 2.13 bits per heavy atom. The molecule has 3 heterocycles. The third kappa shape index (κ3) is 3.45. The number of amides is 1. The number of furan rings is 1. The van der Waals surface area contributed by atoms with Crippen molar-refractivity contribution in [3.05, 3.63) is 23.7 Å². The van der Waals surface area contributed by atoms with Crippen LogP contribution in [0, 0.1) is 12.8 Å². The molecule has 126 valence electrons. The van der Waals surface area contributed by atoms with Crippen molar-refractivity contribution in [2.45, 2.75) is 63.8 Å². The van der Waals surface area contributed by atoms with Crippen molar-refractivity contribution >= 4 is 5.91 Å². The molecule has 2 saturated heterocycles. The van der Waals surface area contributed by atoms with E-state index in [4.69, 9.17) is 9.15 Å². The van der Waals surface area contributed by atoms with Crippen molar-refractivity contribution in [2.24, 2.45) is 5.92 Å². The maximum absolute atomic E-state index is 12.2. The van der Waals surface area contributed by atoms with Crippen molar-refractivity contribution in [1.82, 2.24) is 10.2 Å². The van der Waals surface area contributed by atoms with Crippen molar-refractivity contribution in [3.8, 4) is 0 Å². The Hall–Kier alpha value is -1.33. The fourth-order valence-electron chi connectivity index (χ4n) is 3.85. The quantitative estimate of drug-likeness (QED) is 0.904. The van der Waals surface area contributed by atoms with Crippen molar-refractivity contribution < 1.29 is 13.9 Å². The zero-order valence-corrected chi connectivity index (χ0v) is 13.8. The van der Waals surface area contributed by atoms with Gasteiger partial charge in [-0.15, -0.1) is 0 Å². The topological polar surface area (TPSA) is 54.7 Å². The van der Waals surface area contributed by atoms with Gasteiger partial charge in [0.25, 0.3) is 0 Å². The SMILES string of the molecule is Cc1ccc(CN2CC[C@@H]3O[C@H](C(=O)NCC4CC4)CC[C@@H]32)o1. The molecule has 23 heavy (non-hydrogen) atoms. The molecule has 0 radical (unpaired) electrons. The molecular formula is C18H26N2O3. The summed E-state index contributed by atoms with van der Waals surface area (Å²) in [5, 5.41) is 3.06. The number of nitrogens with zero attached hydrogens (tertiary/aromatic N) is 1. The van der Waals surface area contributed by atoms with Crippen LogP contribution >= 0.6 is 0 Å². The molecule has 3 aliphatic rings. The van der Waals surface area contributed by atoms with E-state index in [0.717, 1.165) is 50.4 Å². The molecule has 1 N–H and O–H groups in total. The Morgan fingerprint density at radius 3 is 2.87 bits per heavy atom. The van der Waals surface area contributed by atoms with Crippen LogP contribution in [0.4, 0.5) is 0 Å². The van der Waals surface area contributed by atoms with Gasteiger partial charge in [-0.25, -0.2) is 0 Å². The molecule has 1 saturated carbocycles. The second-order valence-corrected chi connectivity index (χ2v) is 7.27. The second-order valence-electron chi connectivity index (χ2n) is 7.27. The lowest BCUT2D eigenvalue weighted by Gasteiger charge is -2.35. The van der Waals surface area contributed by atoms with Crippen LogP contribution in [0.15, 0.2) is 16.5 Å². The summed E-state index contributed by atoms with van der Waals surface area (Å²) < 4.78 is 11.8. The van der Waals surface area contributed by atoms with Gasteiger partial charge in [0, 0.05) is 19.1 Å². The summed E-state index contributed by atoms with van der Waals surface area (Å²) in [4.78, 5) is 14.7.